The molecule has 5 heterocycles. The molecule has 348 valence electrons. The lowest BCUT2D eigenvalue weighted by atomic mass is 9.44. The first kappa shape index (κ1) is 45.2. The number of fused-ring (bicyclic) bond motifs is 7. The molecule has 0 amide bonds. The van der Waals surface area contributed by atoms with Crippen molar-refractivity contribution in [2.24, 2.45) is 46.3 Å². The first-order chi connectivity index (χ1) is 29.0. The van der Waals surface area contributed by atoms with E-state index in [1.807, 2.05) is 0 Å². The normalized spacial score (nSPS) is 57.3. The summed E-state index contributed by atoms with van der Waals surface area (Å²) >= 11 is 0. The minimum atomic E-state index is -1.82. The average molecular weight is 871 g/mol. The number of hydrogen-bond acceptors (Lipinski definition) is 17. The van der Waals surface area contributed by atoms with E-state index in [1.165, 1.54) is 0 Å². The molecule has 17 heteroatoms. The van der Waals surface area contributed by atoms with Gasteiger partial charge in [0.15, 0.2) is 24.7 Å². The van der Waals surface area contributed by atoms with Crippen LogP contribution in [0.25, 0.3) is 0 Å². The maximum Gasteiger partial charge on any atom is 0.187 e. The first-order valence-corrected chi connectivity index (χ1v) is 22.9. The van der Waals surface area contributed by atoms with E-state index in [4.69, 9.17) is 37.9 Å². The van der Waals surface area contributed by atoms with Gasteiger partial charge in [0.05, 0.1) is 38.6 Å². The third-order valence-electron chi connectivity index (χ3n) is 17.6. The predicted octanol–water partition coefficient (Wildman–Crippen LogP) is -0.174. The van der Waals surface area contributed by atoms with Crippen molar-refractivity contribution in [2.45, 2.75) is 189 Å². The Labute approximate surface area is 357 Å². The van der Waals surface area contributed by atoms with E-state index < -0.39 is 112 Å². The molecule has 5 saturated heterocycles. The van der Waals surface area contributed by atoms with E-state index in [-0.39, 0.29) is 23.0 Å². The summed E-state index contributed by atoms with van der Waals surface area (Å²) in [7, 11) is 0. The van der Waals surface area contributed by atoms with E-state index in [2.05, 4.69) is 27.4 Å². The summed E-state index contributed by atoms with van der Waals surface area (Å²) in [5, 5.41) is 95.1. The number of aliphatic hydroxyl groups is 9. The van der Waals surface area contributed by atoms with Crippen molar-refractivity contribution in [1.82, 2.24) is 0 Å². The summed E-state index contributed by atoms with van der Waals surface area (Å²) in [5.74, 6) is 2.37. The smallest absolute Gasteiger partial charge is 0.187 e. The van der Waals surface area contributed by atoms with E-state index >= 15 is 0 Å². The molecular formula is C44H70O17. The van der Waals surface area contributed by atoms with Gasteiger partial charge in [0, 0.05) is 12.3 Å². The molecule has 0 aromatic heterocycles. The van der Waals surface area contributed by atoms with Gasteiger partial charge in [0.1, 0.15) is 67.1 Å². The summed E-state index contributed by atoms with van der Waals surface area (Å²) in [6, 6.07) is 0. The maximum absolute atomic E-state index is 11.5. The van der Waals surface area contributed by atoms with Crippen LogP contribution in [0.2, 0.25) is 0 Å². The van der Waals surface area contributed by atoms with Gasteiger partial charge in [-0.3, -0.25) is 0 Å². The van der Waals surface area contributed by atoms with Gasteiger partial charge in [-0.2, -0.15) is 0 Å². The third-order valence-corrected chi connectivity index (χ3v) is 17.6. The van der Waals surface area contributed by atoms with Crippen LogP contribution in [0.15, 0.2) is 12.2 Å². The highest BCUT2D eigenvalue weighted by Crippen LogP contribution is 2.71. The Morgan fingerprint density at radius 1 is 0.689 bits per heavy atom. The van der Waals surface area contributed by atoms with Crippen LogP contribution in [0.5, 0.6) is 0 Å². The second-order valence-electron chi connectivity index (χ2n) is 20.7. The summed E-state index contributed by atoms with van der Waals surface area (Å²) in [6.45, 7) is 10.3. The van der Waals surface area contributed by atoms with Crippen LogP contribution in [0, 0.1) is 46.3 Å². The van der Waals surface area contributed by atoms with Crippen molar-refractivity contribution in [2.75, 3.05) is 26.4 Å². The highest BCUT2D eigenvalue weighted by atomic mass is 16.8. The molecule has 0 radical (unpaired) electrons. The highest BCUT2D eigenvalue weighted by Gasteiger charge is 2.69. The average Bonchev–Trinajstić information content (AvgIpc) is 3.69. The molecule has 9 rings (SSSR count). The minimum Gasteiger partial charge on any atom is -0.394 e. The molecule has 4 aliphatic carbocycles. The zero-order valence-corrected chi connectivity index (χ0v) is 35.6. The number of ether oxygens (including phenoxy) is 8. The zero-order chi connectivity index (χ0) is 43.3. The summed E-state index contributed by atoms with van der Waals surface area (Å²) in [4.78, 5) is 0. The maximum atomic E-state index is 11.5. The van der Waals surface area contributed by atoms with Crippen LogP contribution < -0.4 is 0 Å². The topological polar surface area (TPSA) is 256 Å². The van der Waals surface area contributed by atoms with Gasteiger partial charge < -0.3 is 83.9 Å². The number of aliphatic hydroxyl groups excluding tert-OH is 9. The van der Waals surface area contributed by atoms with Gasteiger partial charge in [0.2, 0.25) is 0 Å². The van der Waals surface area contributed by atoms with Crippen LogP contribution in [0.3, 0.4) is 0 Å². The van der Waals surface area contributed by atoms with E-state index in [0.717, 1.165) is 63.4 Å². The van der Waals surface area contributed by atoms with E-state index in [9.17, 15) is 46.0 Å². The van der Waals surface area contributed by atoms with Crippen molar-refractivity contribution in [1.29, 1.82) is 0 Å². The van der Waals surface area contributed by atoms with Crippen LogP contribution in [0.1, 0.15) is 85.0 Å². The van der Waals surface area contributed by atoms with Gasteiger partial charge in [0.25, 0.3) is 0 Å². The van der Waals surface area contributed by atoms with Gasteiger partial charge in [-0.05, 0) is 98.2 Å². The fraction of sp³-hybridized carbons (Fsp3) is 0.955. The molecule has 9 N–H and O–H groups in total. The Morgan fingerprint density at radius 2 is 1.38 bits per heavy atom. The lowest BCUT2D eigenvalue weighted by molar-refractivity contribution is -0.392. The predicted molar refractivity (Wildman–Crippen MR) is 210 cm³/mol. The van der Waals surface area contributed by atoms with E-state index in [0.29, 0.717) is 48.5 Å². The van der Waals surface area contributed by atoms with Crippen LogP contribution in [-0.4, -0.2) is 176 Å². The van der Waals surface area contributed by atoms with Crippen molar-refractivity contribution < 1.29 is 83.9 Å². The molecule has 5 aliphatic heterocycles. The monoisotopic (exact) mass is 870 g/mol. The minimum absolute atomic E-state index is 0.0807. The third kappa shape index (κ3) is 7.51. The Hall–Kier alpha value is -0.940. The lowest BCUT2D eigenvalue weighted by Crippen LogP contribution is -2.67. The molecule has 9 aliphatic rings. The molecule has 2 unspecified atom stereocenters. The summed E-state index contributed by atoms with van der Waals surface area (Å²) < 4.78 is 49.9. The summed E-state index contributed by atoms with van der Waals surface area (Å²) in [6.07, 6.45) is -12.3. The van der Waals surface area contributed by atoms with Crippen molar-refractivity contribution in [3.8, 4) is 0 Å². The number of rotatable bonds is 8. The molecule has 0 aromatic rings. The highest BCUT2D eigenvalue weighted by molar-refractivity contribution is 5.16. The Morgan fingerprint density at radius 3 is 2.10 bits per heavy atom. The molecule has 1 spiro atoms. The Balaban J connectivity index is 0.918. The standard InChI is InChI=1S/C44H70O17/c1-19-7-12-44(55-17-19)20(2)30-27(61-44)14-25-23-6-5-21-13-22(8-10-42(21,3)24(23)9-11-43(25,30)4)56-41-38(60-40-36(53)34(51)32(49)28(15-45)57-40)37(33(50)29(16-46)58-41)59-39-35(52)31(48)26(47)18-54-39/h20-41,45-53H,1,5-18H2,2-4H3/t20-,21?,22?,23+,24-,25-,26+,27-,28+,29+,30-,31-,32+,33+,34-,35+,36+,37-,38+,39-,40-,41+,42-,43-,44+/m0/s1. The van der Waals surface area contributed by atoms with E-state index in [1.54, 1.807) is 0 Å². The molecule has 9 fully saturated rings. The van der Waals surface area contributed by atoms with Gasteiger partial charge in [-0.1, -0.05) is 32.9 Å². The summed E-state index contributed by atoms with van der Waals surface area (Å²) in [5.41, 5.74) is 1.41. The quantitative estimate of drug-likeness (QED) is 0.113. The molecule has 0 bridgehead atoms. The zero-order valence-electron chi connectivity index (χ0n) is 35.6. The molecule has 17 nitrogen and oxygen atoms in total. The van der Waals surface area contributed by atoms with Crippen LogP contribution >= 0.6 is 0 Å². The lowest BCUT2D eigenvalue weighted by Gasteiger charge is -2.61. The fourth-order valence-electron chi connectivity index (χ4n) is 14.2. The van der Waals surface area contributed by atoms with Crippen molar-refractivity contribution in [3.63, 3.8) is 0 Å². The number of hydrogen-bond donors (Lipinski definition) is 9. The van der Waals surface area contributed by atoms with Gasteiger partial charge in [-0.25, -0.2) is 0 Å². The van der Waals surface area contributed by atoms with Gasteiger partial charge in [-0.15, -0.1) is 0 Å². The van der Waals surface area contributed by atoms with Crippen LogP contribution in [0.4, 0.5) is 0 Å². The second-order valence-corrected chi connectivity index (χ2v) is 20.7. The SMILES string of the molecule is C=C1CC[C@@]2(OC1)O[C@H]1C[C@H]3[C@@H]4CCC5CC(O[C@@H]6O[C@H](CO)[C@@H](O)[C@H](O[C@@H]7OC[C@@H](O)[C@H](O)[C@H]7O)[C@H]6O[C@@H]6O[C@H](CO)[C@@H](O)[C@H](O)[C@H]6O)CC[C@]5(C)[C@H]4CC[C@]3(C)[C@H]1[C@@H]2C. The molecule has 0 aromatic carbocycles. The molecule has 25 atom stereocenters. The first-order valence-electron chi connectivity index (χ1n) is 22.9. The Bertz CT molecular complexity index is 1560. The fourth-order valence-corrected chi connectivity index (χ4v) is 14.2. The molecule has 4 saturated carbocycles. The van der Waals surface area contributed by atoms with Gasteiger partial charge >= 0.3 is 0 Å². The van der Waals surface area contributed by atoms with Crippen LogP contribution in [-0.2, 0) is 37.9 Å². The van der Waals surface area contributed by atoms with Crippen molar-refractivity contribution >= 4 is 0 Å². The van der Waals surface area contributed by atoms with Crippen molar-refractivity contribution in [3.05, 3.63) is 12.2 Å². The largest absolute Gasteiger partial charge is 0.394 e. The molecule has 61 heavy (non-hydrogen) atoms. The Kier molecular flexibility index (Phi) is 12.6. The molecular weight excluding hydrogens is 800 g/mol. The second kappa shape index (κ2) is 17.0.